The van der Waals surface area contributed by atoms with E-state index >= 15 is 0 Å². The van der Waals surface area contributed by atoms with E-state index in [1.165, 1.54) is 25.2 Å². The lowest BCUT2D eigenvalue weighted by Crippen LogP contribution is -2.48. The largest absolute Gasteiger partial charge is 0.306 e. The molecule has 88 valence electrons. The molecule has 1 aliphatic rings. The van der Waals surface area contributed by atoms with Gasteiger partial charge in [0.05, 0.1) is 13.8 Å². The highest BCUT2D eigenvalue weighted by Crippen LogP contribution is 2.19. The van der Waals surface area contributed by atoms with Crippen LogP contribution < -0.4 is 0 Å². The molecule has 0 amide bonds. The highest BCUT2D eigenvalue weighted by Gasteiger charge is 2.27. The Morgan fingerprint density at radius 1 is 1.38 bits per heavy atom. The van der Waals surface area contributed by atoms with E-state index in [1.54, 1.807) is 12.4 Å². The van der Waals surface area contributed by atoms with Gasteiger partial charge in [-0.1, -0.05) is 19.1 Å². The Morgan fingerprint density at radius 2 is 2.25 bits per heavy atom. The Labute approximate surface area is 98.9 Å². The minimum absolute atomic E-state index is 0.902. The Balaban J connectivity index is 1.82. The third kappa shape index (κ3) is 3.38. The molecule has 0 N–H and O–H groups in total. The molecule has 0 aromatic carbocycles. The zero-order chi connectivity index (χ0) is 11.4. The second-order valence-corrected chi connectivity index (χ2v) is 10.6. The summed E-state index contributed by atoms with van der Waals surface area (Å²) >= 11 is 0. The first kappa shape index (κ1) is 11.7. The van der Waals surface area contributed by atoms with Crippen LogP contribution >= 0.6 is 0 Å². The van der Waals surface area contributed by atoms with E-state index in [0.29, 0.717) is 0 Å². The number of aromatic nitrogens is 2. The van der Waals surface area contributed by atoms with Crippen LogP contribution in [0.25, 0.3) is 0 Å². The van der Waals surface area contributed by atoms with Gasteiger partial charge in [0.15, 0.2) is 0 Å². The summed E-state index contributed by atoms with van der Waals surface area (Å²) in [6.07, 6.45) is 9.18. The van der Waals surface area contributed by atoms with E-state index in [9.17, 15) is 0 Å². The van der Waals surface area contributed by atoms with Crippen molar-refractivity contribution in [2.45, 2.75) is 32.0 Å². The van der Waals surface area contributed by atoms with Gasteiger partial charge in [-0.2, -0.15) is 0 Å². The van der Waals surface area contributed by atoms with Crippen molar-refractivity contribution in [1.82, 2.24) is 14.9 Å². The van der Waals surface area contributed by atoms with Crippen molar-refractivity contribution in [2.24, 2.45) is 0 Å². The van der Waals surface area contributed by atoms with Crippen LogP contribution in [0.1, 0.15) is 12.1 Å². The third-order valence-corrected chi connectivity index (χ3v) is 6.29. The predicted molar refractivity (Wildman–Crippen MR) is 69.1 cm³/mol. The van der Waals surface area contributed by atoms with Crippen molar-refractivity contribution in [3.05, 3.63) is 24.3 Å². The third-order valence-electron chi connectivity index (χ3n) is 3.28. The van der Waals surface area contributed by atoms with Gasteiger partial charge in [-0.3, -0.25) is 9.97 Å². The van der Waals surface area contributed by atoms with Gasteiger partial charge in [0.25, 0.3) is 0 Å². The van der Waals surface area contributed by atoms with E-state index in [2.05, 4.69) is 28.0 Å². The molecule has 4 heteroatoms. The van der Waals surface area contributed by atoms with Crippen LogP contribution in [-0.4, -0.2) is 42.2 Å². The number of rotatable bonds is 3. The molecule has 0 aliphatic carbocycles. The molecule has 0 bridgehead atoms. The van der Waals surface area contributed by atoms with Crippen molar-refractivity contribution in [1.29, 1.82) is 0 Å². The van der Waals surface area contributed by atoms with Gasteiger partial charge >= 0.3 is 0 Å². The minimum atomic E-state index is -0.902. The molecule has 1 aromatic heterocycles. The van der Waals surface area contributed by atoms with Gasteiger partial charge < -0.3 is 4.90 Å². The summed E-state index contributed by atoms with van der Waals surface area (Å²) in [5.74, 6) is 0. The molecule has 3 nitrogen and oxygen atoms in total. The van der Waals surface area contributed by atoms with Crippen LogP contribution in [0.4, 0.5) is 0 Å². The van der Waals surface area contributed by atoms with Crippen molar-refractivity contribution in [3.63, 3.8) is 0 Å². The molecule has 1 saturated heterocycles. The van der Waals surface area contributed by atoms with E-state index in [0.717, 1.165) is 18.7 Å². The fourth-order valence-corrected chi connectivity index (χ4v) is 5.27. The predicted octanol–water partition coefficient (Wildman–Crippen LogP) is 1.97. The standard InChI is InChI=1S/C12H21N3Si/c1-16(2)9-3-7-15(11-16)8-4-12-10-13-5-6-14-12/h5-6,10H,3-4,7-9,11H2,1-2H3. The van der Waals surface area contributed by atoms with Crippen LogP contribution in [-0.2, 0) is 6.42 Å². The van der Waals surface area contributed by atoms with Gasteiger partial charge in [0.1, 0.15) is 0 Å². The maximum atomic E-state index is 4.32. The van der Waals surface area contributed by atoms with Crippen molar-refractivity contribution >= 4 is 8.07 Å². The quantitative estimate of drug-likeness (QED) is 0.750. The lowest BCUT2D eigenvalue weighted by molar-refractivity contribution is 0.300. The van der Waals surface area contributed by atoms with Crippen molar-refractivity contribution in [2.75, 3.05) is 19.3 Å². The number of hydrogen-bond acceptors (Lipinski definition) is 3. The molecule has 2 rings (SSSR count). The number of nitrogens with zero attached hydrogens (tertiary/aromatic N) is 3. The first-order valence-electron chi connectivity index (χ1n) is 6.13. The second-order valence-electron chi connectivity index (χ2n) is 5.49. The average molecular weight is 235 g/mol. The fraction of sp³-hybridized carbons (Fsp3) is 0.667. The highest BCUT2D eigenvalue weighted by atomic mass is 28.3. The van der Waals surface area contributed by atoms with Gasteiger partial charge in [-0.25, -0.2) is 0 Å². The lowest BCUT2D eigenvalue weighted by atomic mass is 10.3. The van der Waals surface area contributed by atoms with Crippen LogP contribution in [0.5, 0.6) is 0 Å². The van der Waals surface area contributed by atoms with Crippen LogP contribution in [0, 0.1) is 0 Å². The summed E-state index contributed by atoms with van der Waals surface area (Å²) in [5, 5.41) is 0. The summed E-state index contributed by atoms with van der Waals surface area (Å²) in [6.45, 7) is 7.43. The fourth-order valence-electron chi connectivity index (χ4n) is 2.47. The van der Waals surface area contributed by atoms with Crippen LogP contribution in [0.2, 0.25) is 19.1 Å². The molecule has 16 heavy (non-hydrogen) atoms. The Kier molecular flexibility index (Phi) is 3.71. The Bertz CT molecular complexity index is 326. The Hall–Kier alpha value is -0.743. The molecular formula is C12H21N3Si. The summed E-state index contributed by atoms with van der Waals surface area (Å²) < 4.78 is 0. The molecular weight excluding hydrogens is 214 g/mol. The molecule has 0 radical (unpaired) electrons. The molecule has 1 fully saturated rings. The van der Waals surface area contributed by atoms with Gasteiger partial charge in [-0.05, 0) is 19.1 Å². The molecule has 1 aromatic rings. The summed E-state index contributed by atoms with van der Waals surface area (Å²) in [5.41, 5.74) is 1.12. The monoisotopic (exact) mass is 235 g/mol. The molecule has 0 atom stereocenters. The average Bonchev–Trinajstić information content (AvgIpc) is 2.27. The van der Waals surface area contributed by atoms with E-state index in [1.807, 2.05) is 6.20 Å². The maximum Gasteiger partial charge on any atom is 0.0630 e. The SMILES string of the molecule is C[Si]1(C)CCCN(CCc2cnccn2)C1. The highest BCUT2D eigenvalue weighted by molar-refractivity contribution is 6.77. The smallest absolute Gasteiger partial charge is 0.0630 e. The zero-order valence-electron chi connectivity index (χ0n) is 10.3. The van der Waals surface area contributed by atoms with E-state index in [4.69, 9.17) is 0 Å². The first-order valence-corrected chi connectivity index (χ1v) is 9.54. The minimum Gasteiger partial charge on any atom is -0.306 e. The van der Waals surface area contributed by atoms with Crippen molar-refractivity contribution < 1.29 is 0 Å². The first-order chi connectivity index (χ1) is 7.66. The van der Waals surface area contributed by atoms with E-state index in [-0.39, 0.29) is 0 Å². The number of hydrogen-bond donors (Lipinski definition) is 0. The Morgan fingerprint density at radius 3 is 2.94 bits per heavy atom. The van der Waals surface area contributed by atoms with Crippen molar-refractivity contribution in [3.8, 4) is 0 Å². The summed E-state index contributed by atoms with van der Waals surface area (Å²) in [4.78, 5) is 11.0. The maximum absolute atomic E-state index is 4.32. The lowest BCUT2D eigenvalue weighted by Gasteiger charge is -2.36. The zero-order valence-corrected chi connectivity index (χ0v) is 11.3. The van der Waals surface area contributed by atoms with E-state index < -0.39 is 8.07 Å². The van der Waals surface area contributed by atoms with Gasteiger partial charge in [-0.15, -0.1) is 0 Å². The van der Waals surface area contributed by atoms with Gasteiger partial charge in [0, 0.05) is 31.6 Å². The van der Waals surface area contributed by atoms with Crippen LogP contribution in [0.15, 0.2) is 18.6 Å². The van der Waals surface area contributed by atoms with Crippen LogP contribution in [0.3, 0.4) is 0 Å². The molecule has 2 heterocycles. The molecule has 0 spiro atoms. The normalized spacial score (nSPS) is 20.9. The second kappa shape index (κ2) is 5.06. The summed E-state index contributed by atoms with van der Waals surface area (Å²) in [7, 11) is -0.902. The van der Waals surface area contributed by atoms with Gasteiger partial charge in [0.2, 0.25) is 0 Å². The molecule has 0 unspecified atom stereocenters. The molecule has 0 saturated carbocycles. The topological polar surface area (TPSA) is 29.0 Å². The molecule has 1 aliphatic heterocycles. The summed E-state index contributed by atoms with van der Waals surface area (Å²) in [6, 6.07) is 1.49.